The summed E-state index contributed by atoms with van der Waals surface area (Å²) in [6.45, 7) is 2.82. The highest BCUT2D eigenvalue weighted by Gasteiger charge is 2.63. The van der Waals surface area contributed by atoms with Gasteiger partial charge in [-0.1, -0.05) is 19.8 Å². The van der Waals surface area contributed by atoms with Gasteiger partial charge in [0.25, 0.3) is 0 Å². The SMILES string of the molecule is CC[C@H]1CN(C(=O)[C@@H]2CC[C@@H]3CCCCC(=O)N32)C2(CC2)[C@@H]1C#N. The molecule has 5 heteroatoms. The van der Waals surface area contributed by atoms with Gasteiger partial charge in [-0.2, -0.15) is 5.26 Å². The molecule has 130 valence electrons. The normalized spacial score (nSPS) is 37.2. The van der Waals surface area contributed by atoms with Gasteiger partial charge in [-0.05, 0) is 44.4 Å². The van der Waals surface area contributed by atoms with Crippen LogP contribution in [0.3, 0.4) is 0 Å². The molecular weight excluding hydrogens is 302 g/mol. The minimum absolute atomic E-state index is 0.0246. The first-order valence-electron chi connectivity index (χ1n) is 9.64. The Balaban J connectivity index is 1.58. The number of nitriles is 1. The second kappa shape index (κ2) is 5.75. The quantitative estimate of drug-likeness (QED) is 0.782. The smallest absolute Gasteiger partial charge is 0.245 e. The Bertz CT molecular complexity index is 592. The zero-order valence-corrected chi connectivity index (χ0v) is 14.5. The third kappa shape index (κ3) is 2.18. The number of carbonyl (C=O) groups is 2. The first-order valence-corrected chi connectivity index (χ1v) is 9.64. The summed E-state index contributed by atoms with van der Waals surface area (Å²) in [7, 11) is 0. The van der Waals surface area contributed by atoms with E-state index in [1.807, 2.05) is 9.80 Å². The molecule has 0 aromatic heterocycles. The van der Waals surface area contributed by atoms with E-state index in [1.165, 1.54) is 0 Å². The fraction of sp³-hybridized carbons (Fsp3) is 0.842. The molecule has 0 aromatic rings. The molecule has 4 rings (SSSR count). The lowest BCUT2D eigenvalue weighted by molar-refractivity contribution is -0.146. The van der Waals surface area contributed by atoms with Crippen molar-refractivity contribution in [3.63, 3.8) is 0 Å². The second-order valence-corrected chi connectivity index (χ2v) is 8.12. The van der Waals surface area contributed by atoms with Gasteiger partial charge in [-0.15, -0.1) is 0 Å². The highest BCUT2D eigenvalue weighted by Crippen LogP contribution is 2.56. The molecule has 0 unspecified atom stereocenters. The van der Waals surface area contributed by atoms with E-state index in [4.69, 9.17) is 0 Å². The van der Waals surface area contributed by atoms with Crippen LogP contribution in [0.15, 0.2) is 0 Å². The number of fused-ring (bicyclic) bond motifs is 1. The van der Waals surface area contributed by atoms with Crippen LogP contribution in [0.5, 0.6) is 0 Å². The fourth-order valence-corrected chi connectivity index (χ4v) is 5.49. The van der Waals surface area contributed by atoms with Crippen LogP contribution in [-0.2, 0) is 9.59 Å². The Morgan fingerprint density at radius 2 is 2.08 bits per heavy atom. The van der Waals surface area contributed by atoms with Gasteiger partial charge in [0.2, 0.25) is 11.8 Å². The van der Waals surface area contributed by atoms with Crippen molar-refractivity contribution >= 4 is 11.8 Å². The molecule has 24 heavy (non-hydrogen) atoms. The second-order valence-electron chi connectivity index (χ2n) is 8.12. The van der Waals surface area contributed by atoms with Gasteiger partial charge in [-0.3, -0.25) is 9.59 Å². The summed E-state index contributed by atoms with van der Waals surface area (Å²) in [5.41, 5.74) is -0.209. The van der Waals surface area contributed by atoms with Gasteiger partial charge < -0.3 is 9.80 Å². The van der Waals surface area contributed by atoms with Gasteiger partial charge in [0.1, 0.15) is 6.04 Å². The lowest BCUT2D eigenvalue weighted by Crippen LogP contribution is -2.52. The summed E-state index contributed by atoms with van der Waals surface area (Å²) >= 11 is 0. The number of rotatable bonds is 2. The summed E-state index contributed by atoms with van der Waals surface area (Å²) in [5, 5.41) is 9.62. The maximum Gasteiger partial charge on any atom is 0.245 e. The minimum Gasteiger partial charge on any atom is -0.334 e. The molecule has 0 aromatic carbocycles. The van der Waals surface area contributed by atoms with E-state index in [-0.39, 0.29) is 35.4 Å². The first-order chi connectivity index (χ1) is 11.6. The lowest BCUT2D eigenvalue weighted by atomic mass is 9.88. The Labute approximate surface area is 144 Å². The summed E-state index contributed by atoms with van der Waals surface area (Å²) in [4.78, 5) is 29.8. The standard InChI is InChI=1S/C19H27N3O2/c1-2-13-12-21(19(9-10-19)15(13)11-20)18(24)16-8-7-14-5-3-4-6-17(23)22(14)16/h13-16H,2-10,12H2,1H3/t13-,14-,15+,16-/m0/s1. The van der Waals surface area contributed by atoms with Gasteiger partial charge in [0.05, 0.1) is 17.5 Å². The molecule has 3 saturated heterocycles. The third-order valence-electron chi connectivity index (χ3n) is 6.95. The molecule has 0 bridgehead atoms. The molecule has 4 aliphatic rings. The van der Waals surface area contributed by atoms with Crippen molar-refractivity contribution < 1.29 is 9.59 Å². The zero-order chi connectivity index (χ0) is 16.9. The predicted octanol–water partition coefficient (Wildman–Crippen LogP) is 2.46. The lowest BCUT2D eigenvalue weighted by Gasteiger charge is -2.34. The van der Waals surface area contributed by atoms with E-state index >= 15 is 0 Å². The fourth-order valence-electron chi connectivity index (χ4n) is 5.49. The molecular formula is C19H27N3O2. The summed E-state index contributed by atoms with van der Waals surface area (Å²) in [5.74, 6) is 0.560. The van der Waals surface area contributed by atoms with Crippen LogP contribution >= 0.6 is 0 Å². The van der Waals surface area contributed by atoms with Crippen molar-refractivity contribution in [3.05, 3.63) is 0 Å². The molecule has 4 fully saturated rings. The molecule has 0 radical (unpaired) electrons. The molecule has 1 spiro atoms. The van der Waals surface area contributed by atoms with Gasteiger partial charge >= 0.3 is 0 Å². The summed E-state index contributed by atoms with van der Waals surface area (Å²) in [6.07, 6.45) is 8.29. The molecule has 3 aliphatic heterocycles. The number of carbonyl (C=O) groups excluding carboxylic acids is 2. The maximum absolute atomic E-state index is 13.4. The zero-order valence-electron chi connectivity index (χ0n) is 14.5. The highest BCUT2D eigenvalue weighted by molar-refractivity contribution is 5.89. The predicted molar refractivity (Wildman–Crippen MR) is 88.7 cm³/mol. The summed E-state index contributed by atoms with van der Waals surface area (Å²) < 4.78 is 0. The average Bonchev–Trinajstić information content (AvgIpc) is 3.19. The topological polar surface area (TPSA) is 64.4 Å². The molecule has 1 saturated carbocycles. The van der Waals surface area contributed by atoms with E-state index in [2.05, 4.69) is 13.0 Å². The Kier molecular flexibility index (Phi) is 3.82. The number of hydrogen-bond acceptors (Lipinski definition) is 3. The van der Waals surface area contributed by atoms with E-state index in [0.29, 0.717) is 18.9 Å². The Morgan fingerprint density at radius 1 is 1.29 bits per heavy atom. The number of likely N-dealkylation sites (tertiary alicyclic amines) is 1. The molecule has 4 atom stereocenters. The average molecular weight is 329 g/mol. The molecule has 0 N–H and O–H groups in total. The van der Waals surface area contributed by atoms with Crippen molar-refractivity contribution in [1.29, 1.82) is 5.26 Å². The largest absolute Gasteiger partial charge is 0.334 e. The van der Waals surface area contributed by atoms with E-state index in [1.54, 1.807) is 0 Å². The van der Waals surface area contributed by atoms with E-state index < -0.39 is 0 Å². The van der Waals surface area contributed by atoms with Crippen LogP contribution < -0.4 is 0 Å². The van der Waals surface area contributed by atoms with E-state index in [0.717, 1.165) is 51.4 Å². The molecule has 5 nitrogen and oxygen atoms in total. The molecule has 2 amide bonds. The Morgan fingerprint density at radius 3 is 2.75 bits per heavy atom. The van der Waals surface area contributed by atoms with Crippen molar-refractivity contribution in [1.82, 2.24) is 9.80 Å². The highest BCUT2D eigenvalue weighted by atomic mass is 16.2. The van der Waals surface area contributed by atoms with Crippen molar-refractivity contribution in [3.8, 4) is 6.07 Å². The van der Waals surface area contributed by atoms with Crippen molar-refractivity contribution in [2.45, 2.75) is 82.3 Å². The van der Waals surface area contributed by atoms with Gasteiger partial charge in [-0.25, -0.2) is 0 Å². The van der Waals surface area contributed by atoms with Crippen LogP contribution in [0.2, 0.25) is 0 Å². The van der Waals surface area contributed by atoms with Crippen LogP contribution in [0.4, 0.5) is 0 Å². The van der Waals surface area contributed by atoms with Crippen LogP contribution in [0.25, 0.3) is 0 Å². The number of amides is 2. The van der Waals surface area contributed by atoms with Crippen LogP contribution in [0.1, 0.15) is 64.7 Å². The van der Waals surface area contributed by atoms with Crippen LogP contribution in [-0.4, -0.2) is 45.8 Å². The number of nitrogens with zero attached hydrogens (tertiary/aromatic N) is 3. The Hall–Kier alpha value is -1.57. The third-order valence-corrected chi connectivity index (χ3v) is 6.95. The van der Waals surface area contributed by atoms with Gasteiger partial charge in [0, 0.05) is 19.0 Å². The van der Waals surface area contributed by atoms with Gasteiger partial charge in [0.15, 0.2) is 0 Å². The van der Waals surface area contributed by atoms with Crippen molar-refractivity contribution in [2.24, 2.45) is 11.8 Å². The summed E-state index contributed by atoms with van der Waals surface area (Å²) in [6, 6.07) is 2.49. The minimum atomic E-state index is -0.270. The van der Waals surface area contributed by atoms with Crippen molar-refractivity contribution in [2.75, 3.05) is 6.54 Å². The molecule has 1 aliphatic carbocycles. The van der Waals surface area contributed by atoms with E-state index in [9.17, 15) is 14.9 Å². The van der Waals surface area contributed by atoms with Crippen LogP contribution in [0, 0.1) is 23.2 Å². The monoisotopic (exact) mass is 329 g/mol. The molecule has 3 heterocycles. The number of hydrogen-bond donors (Lipinski definition) is 0. The first kappa shape index (κ1) is 15.9. The maximum atomic E-state index is 13.4.